The molecule has 0 aromatic heterocycles. The Kier molecular flexibility index (Phi) is 5.95. The Morgan fingerprint density at radius 3 is 2.82 bits per heavy atom. The molecule has 0 saturated carbocycles. The summed E-state index contributed by atoms with van der Waals surface area (Å²) >= 11 is 0. The molecule has 5 heteroatoms. The highest BCUT2D eigenvalue weighted by molar-refractivity contribution is 5.82. The highest BCUT2D eigenvalue weighted by Gasteiger charge is 2.30. The summed E-state index contributed by atoms with van der Waals surface area (Å²) in [7, 11) is 0. The van der Waals surface area contributed by atoms with E-state index >= 15 is 0 Å². The van der Waals surface area contributed by atoms with Gasteiger partial charge >= 0.3 is 5.97 Å². The molecular formula is C17H24N2O3. The fourth-order valence-electron chi connectivity index (χ4n) is 3.01. The molecule has 2 N–H and O–H groups in total. The van der Waals surface area contributed by atoms with Gasteiger partial charge in [0.05, 0.1) is 6.61 Å². The normalized spacial score (nSPS) is 17.8. The Morgan fingerprint density at radius 1 is 1.32 bits per heavy atom. The number of primary amides is 1. The molecule has 1 heterocycles. The fraction of sp³-hybridized carbons (Fsp3) is 0.529. The second-order valence-corrected chi connectivity index (χ2v) is 5.55. The number of nitrogens with two attached hydrogens (primary N) is 1. The third-order valence-electron chi connectivity index (χ3n) is 4.03. The van der Waals surface area contributed by atoms with Crippen molar-refractivity contribution >= 4 is 11.9 Å². The summed E-state index contributed by atoms with van der Waals surface area (Å²) in [6, 6.07) is 7.62. The van der Waals surface area contributed by atoms with Gasteiger partial charge in [0.2, 0.25) is 5.91 Å². The maximum absolute atomic E-state index is 11.9. The molecule has 0 fully saturated rings. The molecule has 1 aromatic carbocycles. The number of rotatable bonds is 7. The van der Waals surface area contributed by atoms with E-state index in [1.165, 1.54) is 5.56 Å². The summed E-state index contributed by atoms with van der Waals surface area (Å²) < 4.78 is 4.91. The molecule has 0 aliphatic carbocycles. The molecule has 2 rings (SSSR count). The van der Waals surface area contributed by atoms with E-state index in [4.69, 9.17) is 10.5 Å². The summed E-state index contributed by atoms with van der Waals surface area (Å²) in [6.07, 6.45) is 2.98. The van der Waals surface area contributed by atoms with Gasteiger partial charge in [0.25, 0.3) is 0 Å². The van der Waals surface area contributed by atoms with Crippen molar-refractivity contribution in [1.29, 1.82) is 0 Å². The smallest absolute Gasteiger partial charge is 0.305 e. The van der Waals surface area contributed by atoms with Crippen LogP contribution in [-0.2, 0) is 20.7 Å². The molecule has 1 amide bonds. The summed E-state index contributed by atoms with van der Waals surface area (Å²) in [5.74, 6) is -0.463. The first-order chi connectivity index (χ1) is 10.6. The van der Waals surface area contributed by atoms with Crippen molar-refractivity contribution in [2.24, 2.45) is 5.73 Å². The molecule has 1 aliphatic heterocycles. The van der Waals surface area contributed by atoms with E-state index in [1.807, 2.05) is 18.2 Å². The van der Waals surface area contributed by atoms with Crippen molar-refractivity contribution in [3.05, 3.63) is 35.4 Å². The fourth-order valence-corrected chi connectivity index (χ4v) is 3.01. The van der Waals surface area contributed by atoms with Crippen molar-refractivity contribution in [3.8, 4) is 0 Å². The summed E-state index contributed by atoms with van der Waals surface area (Å²) in [5, 5.41) is 0. The van der Waals surface area contributed by atoms with Crippen molar-refractivity contribution in [2.45, 2.75) is 38.6 Å². The van der Waals surface area contributed by atoms with E-state index in [9.17, 15) is 9.59 Å². The minimum Gasteiger partial charge on any atom is -0.466 e. The van der Waals surface area contributed by atoms with E-state index in [0.717, 1.165) is 37.9 Å². The van der Waals surface area contributed by atoms with Gasteiger partial charge in [-0.1, -0.05) is 24.3 Å². The standard InChI is InChI=1S/C17H24N2O3/c1-2-22-15(20)9-5-6-11-19-12-10-13-7-3-4-8-14(13)16(19)17(18)21/h3-4,7-8,16H,2,5-6,9-12H2,1H3,(H2,18,21). The average Bonchev–Trinajstić information content (AvgIpc) is 2.51. The number of carbonyl (C=O) groups excluding carboxylic acids is 2. The molecule has 1 aromatic rings. The molecular weight excluding hydrogens is 280 g/mol. The molecule has 22 heavy (non-hydrogen) atoms. The van der Waals surface area contributed by atoms with E-state index in [1.54, 1.807) is 6.92 Å². The SMILES string of the molecule is CCOC(=O)CCCCN1CCc2ccccc2C1C(N)=O. The molecule has 1 unspecified atom stereocenters. The number of esters is 1. The number of hydrogen-bond donors (Lipinski definition) is 1. The van der Waals surface area contributed by atoms with Crippen molar-refractivity contribution in [1.82, 2.24) is 4.90 Å². The zero-order chi connectivity index (χ0) is 15.9. The first-order valence-corrected chi connectivity index (χ1v) is 7.90. The molecule has 5 nitrogen and oxygen atoms in total. The van der Waals surface area contributed by atoms with Crippen molar-refractivity contribution in [3.63, 3.8) is 0 Å². The zero-order valence-electron chi connectivity index (χ0n) is 13.1. The number of fused-ring (bicyclic) bond motifs is 1. The predicted molar refractivity (Wildman–Crippen MR) is 84.1 cm³/mol. The average molecular weight is 304 g/mol. The van der Waals surface area contributed by atoms with Crippen LogP contribution in [-0.4, -0.2) is 36.5 Å². The minimum absolute atomic E-state index is 0.155. The van der Waals surface area contributed by atoms with Crippen LogP contribution in [0.4, 0.5) is 0 Å². The number of benzene rings is 1. The lowest BCUT2D eigenvalue weighted by Gasteiger charge is -2.35. The van der Waals surface area contributed by atoms with E-state index < -0.39 is 0 Å². The Hall–Kier alpha value is -1.88. The van der Waals surface area contributed by atoms with Gasteiger partial charge in [-0.05, 0) is 43.9 Å². The van der Waals surface area contributed by atoms with Gasteiger partial charge in [0.1, 0.15) is 6.04 Å². The molecule has 0 radical (unpaired) electrons. The third kappa shape index (κ3) is 4.07. The first kappa shape index (κ1) is 16.5. The van der Waals surface area contributed by atoms with Crippen LogP contribution in [0.2, 0.25) is 0 Å². The lowest BCUT2D eigenvalue weighted by molar-refractivity contribution is -0.143. The second-order valence-electron chi connectivity index (χ2n) is 5.55. The van der Waals surface area contributed by atoms with Gasteiger partial charge in [-0.15, -0.1) is 0 Å². The van der Waals surface area contributed by atoms with Gasteiger partial charge in [-0.3, -0.25) is 14.5 Å². The number of unbranched alkanes of at least 4 members (excludes halogenated alkanes) is 1. The maximum atomic E-state index is 11.9. The van der Waals surface area contributed by atoms with Crippen LogP contribution in [0.3, 0.4) is 0 Å². The van der Waals surface area contributed by atoms with Crippen LogP contribution >= 0.6 is 0 Å². The third-order valence-corrected chi connectivity index (χ3v) is 4.03. The van der Waals surface area contributed by atoms with Crippen LogP contribution in [0.25, 0.3) is 0 Å². The Balaban J connectivity index is 1.91. The molecule has 1 atom stereocenters. The maximum Gasteiger partial charge on any atom is 0.305 e. The van der Waals surface area contributed by atoms with Gasteiger partial charge in [-0.25, -0.2) is 0 Å². The van der Waals surface area contributed by atoms with Crippen LogP contribution in [0.1, 0.15) is 43.4 Å². The Bertz CT molecular complexity index is 530. The zero-order valence-corrected chi connectivity index (χ0v) is 13.1. The van der Waals surface area contributed by atoms with Gasteiger partial charge in [0, 0.05) is 13.0 Å². The van der Waals surface area contributed by atoms with Gasteiger partial charge in [0.15, 0.2) is 0 Å². The molecule has 120 valence electrons. The Labute approximate surface area is 131 Å². The predicted octanol–water partition coefficient (Wildman–Crippen LogP) is 1.80. The van der Waals surface area contributed by atoms with Crippen LogP contribution in [0.15, 0.2) is 24.3 Å². The summed E-state index contributed by atoms with van der Waals surface area (Å²) in [6.45, 7) is 3.82. The summed E-state index contributed by atoms with van der Waals surface area (Å²) in [4.78, 5) is 25.3. The number of nitrogens with zero attached hydrogens (tertiary/aromatic N) is 1. The molecule has 1 aliphatic rings. The number of ether oxygens (including phenoxy) is 1. The topological polar surface area (TPSA) is 72.6 Å². The number of hydrogen-bond acceptors (Lipinski definition) is 4. The summed E-state index contributed by atoms with van der Waals surface area (Å²) in [5.41, 5.74) is 7.83. The van der Waals surface area contributed by atoms with E-state index in [-0.39, 0.29) is 17.9 Å². The number of amides is 1. The molecule has 0 spiro atoms. The lowest BCUT2D eigenvalue weighted by Crippen LogP contribution is -2.42. The monoisotopic (exact) mass is 304 g/mol. The van der Waals surface area contributed by atoms with Crippen LogP contribution in [0, 0.1) is 0 Å². The second kappa shape index (κ2) is 7.94. The quantitative estimate of drug-likeness (QED) is 0.616. The highest BCUT2D eigenvalue weighted by Crippen LogP contribution is 2.29. The minimum atomic E-state index is -0.354. The molecule has 0 saturated heterocycles. The lowest BCUT2D eigenvalue weighted by atomic mass is 9.92. The van der Waals surface area contributed by atoms with Crippen LogP contribution < -0.4 is 5.73 Å². The van der Waals surface area contributed by atoms with E-state index in [0.29, 0.717) is 13.0 Å². The van der Waals surface area contributed by atoms with Gasteiger partial charge < -0.3 is 10.5 Å². The first-order valence-electron chi connectivity index (χ1n) is 7.90. The highest BCUT2D eigenvalue weighted by atomic mass is 16.5. The molecule has 0 bridgehead atoms. The van der Waals surface area contributed by atoms with Crippen molar-refractivity contribution in [2.75, 3.05) is 19.7 Å². The Morgan fingerprint density at radius 2 is 2.09 bits per heavy atom. The largest absolute Gasteiger partial charge is 0.466 e. The number of carbonyl (C=O) groups is 2. The van der Waals surface area contributed by atoms with Crippen LogP contribution in [0.5, 0.6) is 0 Å². The van der Waals surface area contributed by atoms with E-state index in [2.05, 4.69) is 11.0 Å². The van der Waals surface area contributed by atoms with Crippen molar-refractivity contribution < 1.29 is 14.3 Å². The van der Waals surface area contributed by atoms with Gasteiger partial charge in [-0.2, -0.15) is 0 Å².